The van der Waals surface area contributed by atoms with Crippen molar-refractivity contribution in [2.45, 2.75) is 0 Å². The lowest BCUT2D eigenvalue weighted by molar-refractivity contribution is 0.629. The second kappa shape index (κ2) is 14.1. The Hall–Kier alpha value is -8.01. The first-order chi connectivity index (χ1) is 30.2. The lowest BCUT2D eigenvalue weighted by Crippen LogP contribution is -2.12. The molecular weight excluding hydrogens is 744 g/mol. The molecule has 0 atom stereocenters. The highest BCUT2D eigenvalue weighted by Crippen LogP contribution is 2.46. The summed E-state index contributed by atoms with van der Waals surface area (Å²) in [6.07, 6.45) is 0. The van der Waals surface area contributed by atoms with Gasteiger partial charge in [-0.2, -0.15) is 0 Å². The highest BCUT2D eigenvalue weighted by molar-refractivity contribution is 6.32. The minimum absolute atomic E-state index is 0.287. The zero-order valence-corrected chi connectivity index (χ0v) is 33.1. The normalized spacial score (nSPS) is 11.7. The standard InChI is InChI=1S/C58H37FN2/c59-53-21-11-13-23-55(53)60(47-35-43(38-14-4-1-5-15-38)34-44(36-47)39-16-6-2-7-17-39)46-29-24-40(25-30-46)48-31-26-41-27-33-51-57-42(28-32-50(48)56(41)57)37-52-49-20-10-12-22-54(49)61(58(51)52)45-18-8-3-9-19-45/h1-37H. The zero-order chi connectivity index (χ0) is 40.4. The van der Waals surface area contributed by atoms with Crippen LogP contribution in [0.15, 0.2) is 224 Å². The van der Waals surface area contributed by atoms with Gasteiger partial charge in [-0.3, -0.25) is 0 Å². The highest BCUT2D eigenvalue weighted by atomic mass is 19.1. The average Bonchev–Trinajstić information content (AvgIpc) is 3.66. The van der Waals surface area contributed by atoms with Gasteiger partial charge in [0.05, 0.1) is 16.7 Å². The van der Waals surface area contributed by atoms with Gasteiger partial charge in [0, 0.05) is 33.2 Å². The molecule has 12 aromatic rings. The lowest BCUT2D eigenvalue weighted by Gasteiger charge is -2.27. The van der Waals surface area contributed by atoms with Crippen molar-refractivity contribution >= 4 is 71.2 Å². The first kappa shape index (κ1) is 35.0. The summed E-state index contributed by atoms with van der Waals surface area (Å²) < 4.78 is 18.4. The van der Waals surface area contributed by atoms with Gasteiger partial charge in [0.15, 0.2) is 0 Å². The van der Waals surface area contributed by atoms with Crippen LogP contribution < -0.4 is 4.90 Å². The molecule has 0 radical (unpaired) electrons. The van der Waals surface area contributed by atoms with Gasteiger partial charge in [-0.25, -0.2) is 4.39 Å². The zero-order valence-electron chi connectivity index (χ0n) is 33.1. The van der Waals surface area contributed by atoms with Crippen LogP contribution in [-0.2, 0) is 0 Å². The van der Waals surface area contributed by atoms with Crippen LogP contribution in [0.4, 0.5) is 21.5 Å². The third-order valence-electron chi connectivity index (χ3n) is 12.3. The lowest BCUT2D eigenvalue weighted by atomic mass is 9.89. The van der Waals surface area contributed by atoms with Gasteiger partial charge >= 0.3 is 0 Å². The monoisotopic (exact) mass is 780 g/mol. The van der Waals surface area contributed by atoms with Gasteiger partial charge in [0.1, 0.15) is 5.82 Å². The van der Waals surface area contributed by atoms with Crippen molar-refractivity contribution in [2.24, 2.45) is 0 Å². The van der Waals surface area contributed by atoms with Gasteiger partial charge in [0.2, 0.25) is 0 Å². The van der Waals surface area contributed by atoms with Gasteiger partial charge < -0.3 is 9.47 Å². The number of nitrogens with zero attached hydrogens (tertiary/aromatic N) is 2. The van der Waals surface area contributed by atoms with Crippen molar-refractivity contribution in [2.75, 3.05) is 4.90 Å². The maximum absolute atomic E-state index is 16.0. The molecule has 0 unspecified atom stereocenters. The molecule has 0 saturated heterocycles. The molecule has 1 aromatic heterocycles. The number of halogens is 1. The first-order valence-corrected chi connectivity index (χ1v) is 20.8. The average molecular weight is 781 g/mol. The predicted molar refractivity (Wildman–Crippen MR) is 255 cm³/mol. The van der Waals surface area contributed by atoms with Crippen LogP contribution in [0.3, 0.4) is 0 Å². The van der Waals surface area contributed by atoms with Crippen molar-refractivity contribution < 1.29 is 4.39 Å². The molecule has 1 heterocycles. The highest BCUT2D eigenvalue weighted by Gasteiger charge is 2.22. The predicted octanol–water partition coefficient (Wildman–Crippen LogP) is 16.3. The van der Waals surface area contributed by atoms with Gasteiger partial charge in [-0.15, -0.1) is 0 Å². The van der Waals surface area contributed by atoms with Crippen LogP contribution in [0.2, 0.25) is 0 Å². The SMILES string of the molecule is Fc1ccccc1N(c1ccc(-c2ccc3ccc4c5c(ccc2c35)cc2c3ccccc3n(-c3ccccc3)c24)cc1)c1cc(-c2ccccc2)cc(-c2ccccc2)c1. The minimum atomic E-state index is -0.287. The quantitative estimate of drug-likeness (QED) is 0.146. The van der Waals surface area contributed by atoms with Crippen molar-refractivity contribution in [3.8, 4) is 39.1 Å². The van der Waals surface area contributed by atoms with Crippen LogP contribution in [0.25, 0.3) is 93.2 Å². The summed E-state index contributed by atoms with van der Waals surface area (Å²) >= 11 is 0. The number of hydrogen-bond acceptors (Lipinski definition) is 1. The van der Waals surface area contributed by atoms with Crippen molar-refractivity contribution in [1.29, 1.82) is 0 Å². The van der Waals surface area contributed by atoms with E-state index in [1.54, 1.807) is 6.07 Å². The molecule has 0 saturated carbocycles. The van der Waals surface area contributed by atoms with E-state index in [1.165, 1.54) is 60.2 Å². The summed E-state index contributed by atoms with van der Waals surface area (Å²) in [7, 11) is 0. The van der Waals surface area contributed by atoms with Crippen molar-refractivity contribution in [1.82, 2.24) is 4.57 Å². The van der Waals surface area contributed by atoms with Gasteiger partial charge in [-0.1, -0.05) is 158 Å². The topological polar surface area (TPSA) is 8.17 Å². The molecule has 11 aromatic carbocycles. The minimum Gasteiger partial charge on any atom is -0.309 e. The van der Waals surface area contributed by atoms with Crippen molar-refractivity contribution in [3.63, 3.8) is 0 Å². The summed E-state index contributed by atoms with van der Waals surface area (Å²) in [5.41, 5.74) is 12.4. The summed E-state index contributed by atoms with van der Waals surface area (Å²) in [6.45, 7) is 0. The molecule has 0 N–H and O–H groups in total. The van der Waals surface area contributed by atoms with Crippen LogP contribution in [0.1, 0.15) is 0 Å². The van der Waals surface area contributed by atoms with Gasteiger partial charge in [-0.05, 0) is 127 Å². The Labute approximate surface area is 353 Å². The number of benzene rings is 11. The van der Waals surface area contributed by atoms with E-state index in [0.29, 0.717) is 5.69 Å². The second-order valence-electron chi connectivity index (χ2n) is 15.8. The molecule has 2 nitrogen and oxygen atoms in total. The fraction of sp³-hybridized carbons (Fsp3) is 0. The fourth-order valence-corrected chi connectivity index (χ4v) is 9.61. The molecule has 286 valence electrons. The molecule has 0 spiro atoms. The van der Waals surface area contributed by atoms with Crippen LogP contribution >= 0.6 is 0 Å². The van der Waals surface area contributed by atoms with Crippen LogP contribution in [0, 0.1) is 5.82 Å². The Kier molecular flexibility index (Phi) is 8.07. The Balaban J connectivity index is 1.03. The Morgan fingerprint density at radius 2 is 0.951 bits per heavy atom. The molecule has 0 bridgehead atoms. The summed E-state index contributed by atoms with van der Waals surface area (Å²) in [5.74, 6) is -0.287. The maximum atomic E-state index is 16.0. The van der Waals surface area contributed by atoms with E-state index in [2.05, 4.69) is 193 Å². The Morgan fingerprint density at radius 3 is 1.67 bits per heavy atom. The molecule has 0 aliphatic heterocycles. The molecule has 0 fully saturated rings. The van der Waals surface area contributed by atoms with E-state index in [-0.39, 0.29) is 5.82 Å². The third kappa shape index (κ3) is 5.70. The molecule has 0 aliphatic rings. The number of fused-ring (bicyclic) bond motifs is 4. The van der Waals surface area contributed by atoms with E-state index >= 15 is 4.39 Å². The molecule has 3 heteroatoms. The largest absolute Gasteiger partial charge is 0.309 e. The number of rotatable bonds is 7. The summed E-state index contributed by atoms with van der Waals surface area (Å²) in [6, 6.07) is 78.5. The third-order valence-corrected chi connectivity index (χ3v) is 12.3. The number of para-hydroxylation sites is 3. The first-order valence-electron chi connectivity index (χ1n) is 20.8. The molecule has 0 amide bonds. The fourth-order valence-electron chi connectivity index (χ4n) is 9.61. The maximum Gasteiger partial charge on any atom is 0.147 e. The summed E-state index contributed by atoms with van der Waals surface area (Å²) in [4.78, 5) is 2.04. The summed E-state index contributed by atoms with van der Waals surface area (Å²) in [5, 5.41) is 9.95. The Bertz CT molecular complexity index is 3520. The smallest absolute Gasteiger partial charge is 0.147 e. The number of anilines is 3. The number of aromatic nitrogens is 1. The van der Waals surface area contributed by atoms with Gasteiger partial charge in [0.25, 0.3) is 0 Å². The van der Waals surface area contributed by atoms with Crippen LogP contribution in [-0.4, -0.2) is 4.57 Å². The van der Waals surface area contributed by atoms with E-state index < -0.39 is 0 Å². The molecule has 0 aliphatic carbocycles. The molecular formula is C58H37FN2. The van der Waals surface area contributed by atoms with E-state index in [0.717, 1.165) is 50.4 Å². The molecule has 61 heavy (non-hydrogen) atoms. The Morgan fingerprint density at radius 1 is 0.361 bits per heavy atom. The second-order valence-corrected chi connectivity index (χ2v) is 15.8. The van der Waals surface area contributed by atoms with E-state index in [9.17, 15) is 0 Å². The van der Waals surface area contributed by atoms with E-state index in [1.807, 2.05) is 29.2 Å². The van der Waals surface area contributed by atoms with Crippen molar-refractivity contribution in [3.05, 3.63) is 230 Å². The van der Waals surface area contributed by atoms with E-state index in [4.69, 9.17) is 0 Å². The number of hydrogen-bond donors (Lipinski definition) is 0. The molecule has 12 rings (SSSR count). The van der Waals surface area contributed by atoms with Crippen LogP contribution in [0.5, 0.6) is 0 Å².